The normalized spacial score (nSPS) is 11.7. The predicted octanol–water partition coefficient (Wildman–Crippen LogP) is 2.08. The number of rotatable bonds is 26. The zero-order chi connectivity index (χ0) is 25.9. The molecule has 1 N–H and O–H groups in total. The molecular formula is C23H46INO10. The van der Waals surface area contributed by atoms with Crippen molar-refractivity contribution in [1.82, 2.24) is 5.32 Å². The highest BCUT2D eigenvalue weighted by molar-refractivity contribution is 14.1. The van der Waals surface area contributed by atoms with Gasteiger partial charge in [0.05, 0.1) is 106 Å². The second-order valence-electron chi connectivity index (χ2n) is 8.02. The number of alkyl halides is 1. The van der Waals surface area contributed by atoms with Crippen LogP contribution in [0.15, 0.2) is 0 Å². The van der Waals surface area contributed by atoms with Crippen LogP contribution in [0, 0.1) is 0 Å². The number of ether oxygens (including phenoxy) is 9. The second kappa shape index (κ2) is 26.7. The van der Waals surface area contributed by atoms with Gasteiger partial charge in [0.15, 0.2) is 0 Å². The molecule has 0 aromatic carbocycles. The summed E-state index contributed by atoms with van der Waals surface area (Å²) in [6, 6.07) is 0. The number of carbonyl (C=O) groups is 1. The average molecular weight is 624 g/mol. The van der Waals surface area contributed by atoms with E-state index in [1.807, 2.05) is 20.8 Å². The first-order chi connectivity index (χ1) is 17.0. The van der Waals surface area contributed by atoms with Crippen molar-refractivity contribution in [1.29, 1.82) is 0 Å². The Kier molecular flexibility index (Phi) is 26.5. The number of hydrogen-bond donors (Lipinski definition) is 1. The van der Waals surface area contributed by atoms with Gasteiger partial charge in [-0.2, -0.15) is 0 Å². The Balaban J connectivity index is 3.09. The van der Waals surface area contributed by atoms with Gasteiger partial charge >= 0.3 is 6.09 Å². The topological polar surface area (TPSA) is 112 Å². The molecule has 0 unspecified atom stereocenters. The molecule has 0 aliphatic carbocycles. The van der Waals surface area contributed by atoms with Gasteiger partial charge in [0, 0.05) is 11.0 Å². The van der Waals surface area contributed by atoms with Gasteiger partial charge in [0.1, 0.15) is 5.60 Å². The van der Waals surface area contributed by atoms with Crippen LogP contribution in [0.1, 0.15) is 20.8 Å². The van der Waals surface area contributed by atoms with Gasteiger partial charge in [-0.25, -0.2) is 4.79 Å². The summed E-state index contributed by atoms with van der Waals surface area (Å²) in [6.45, 7) is 14.3. The van der Waals surface area contributed by atoms with Crippen molar-refractivity contribution in [2.45, 2.75) is 26.4 Å². The Morgan fingerprint density at radius 2 is 0.829 bits per heavy atom. The van der Waals surface area contributed by atoms with Crippen LogP contribution in [0.2, 0.25) is 0 Å². The highest BCUT2D eigenvalue weighted by atomic mass is 127. The molecule has 12 heteroatoms. The quantitative estimate of drug-likeness (QED) is 0.0874. The summed E-state index contributed by atoms with van der Waals surface area (Å²) in [5.41, 5.74) is -0.503. The Morgan fingerprint density at radius 1 is 0.543 bits per heavy atom. The fourth-order valence-electron chi connectivity index (χ4n) is 2.24. The molecule has 0 atom stereocenters. The van der Waals surface area contributed by atoms with Gasteiger partial charge in [-0.15, -0.1) is 0 Å². The zero-order valence-electron chi connectivity index (χ0n) is 21.7. The number of amides is 1. The first kappa shape index (κ1) is 34.7. The molecule has 1 amide bonds. The third-order valence-corrected chi connectivity index (χ3v) is 4.18. The average Bonchev–Trinajstić information content (AvgIpc) is 2.80. The van der Waals surface area contributed by atoms with Gasteiger partial charge in [0.2, 0.25) is 0 Å². The molecule has 0 fully saturated rings. The monoisotopic (exact) mass is 623 g/mol. The standard InChI is InChI=1S/C23H46INO10/c1-23(2,3)35-22(26)25-5-7-28-9-11-30-13-15-32-17-19-34-21-20-33-18-16-31-14-12-29-10-8-27-6-4-24/h4-21H2,1-3H3,(H,25,26). The Hall–Kier alpha value is -0.320. The van der Waals surface area contributed by atoms with Crippen LogP contribution >= 0.6 is 22.6 Å². The van der Waals surface area contributed by atoms with Crippen LogP contribution in [0.3, 0.4) is 0 Å². The molecule has 0 heterocycles. The molecule has 0 spiro atoms. The van der Waals surface area contributed by atoms with E-state index in [4.69, 9.17) is 42.6 Å². The minimum absolute atomic E-state index is 0.391. The number of nitrogens with one attached hydrogen (secondary N) is 1. The molecule has 0 aliphatic rings. The highest BCUT2D eigenvalue weighted by Gasteiger charge is 2.15. The first-order valence-corrected chi connectivity index (χ1v) is 13.6. The van der Waals surface area contributed by atoms with Crippen molar-refractivity contribution in [3.05, 3.63) is 0 Å². The van der Waals surface area contributed by atoms with Crippen LogP contribution < -0.4 is 5.32 Å². The van der Waals surface area contributed by atoms with Gasteiger partial charge < -0.3 is 47.9 Å². The number of halogens is 1. The van der Waals surface area contributed by atoms with Gasteiger partial charge in [-0.1, -0.05) is 22.6 Å². The molecule has 0 saturated carbocycles. The zero-order valence-corrected chi connectivity index (χ0v) is 23.8. The summed E-state index contributed by atoms with van der Waals surface area (Å²) in [5, 5.41) is 2.63. The van der Waals surface area contributed by atoms with E-state index in [2.05, 4.69) is 27.9 Å². The maximum Gasteiger partial charge on any atom is 0.407 e. The molecule has 210 valence electrons. The number of carbonyl (C=O) groups excluding carboxylic acids is 1. The largest absolute Gasteiger partial charge is 0.444 e. The third-order valence-electron chi connectivity index (χ3n) is 3.74. The van der Waals surface area contributed by atoms with Crippen molar-refractivity contribution in [3.63, 3.8) is 0 Å². The Labute approximate surface area is 224 Å². The second-order valence-corrected chi connectivity index (χ2v) is 9.10. The van der Waals surface area contributed by atoms with E-state index >= 15 is 0 Å². The summed E-state index contributed by atoms with van der Waals surface area (Å²) >= 11 is 2.27. The molecule has 11 nitrogen and oxygen atoms in total. The van der Waals surface area contributed by atoms with Gasteiger partial charge in [0.25, 0.3) is 0 Å². The molecule has 0 saturated heterocycles. The maximum atomic E-state index is 11.4. The smallest absolute Gasteiger partial charge is 0.407 e. The van der Waals surface area contributed by atoms with Crippen LogP contribution in [0.5, 0.6) is 0 Å². The third kappa shape index (κ3) is 31.7. The van der Waals surface area contributed by atoms with Crippen molar-refractivity contribution in [2.24, 2.45) is 0 Å². The van der Waals surface area contributed by atoms with Crippen LogP contribution in [0.4, 0.5) is 4.79 Å². The van der Waals surface area contributed by atoms with Crippen molar-refractivity contribution < 1.29 is 47.4 Å². The minimum atomic E-state index is -0.503. The van der Waals surface area contributed by atoms with Crippen molar-refractivity contribution in [2.75, 3.05) is 117 Å². The van der Waals surface area contributed by atoms with Crippen LogP contribution in [-0.4, -0.2) is 128 Å². The lowest BCUT2D eigenvalue weighted by atomic mass is 10.2. The van der Waals surface area contributed by atoms with Crippen molar-refractivity contribution in [3.8, 4) is 0 Å². The fraction of sp³-hybridized carbons (Fsp3) is 0.957. The first-order valence-electron chi connectivity index (χ1n) is 12.1. The van der Waals surface area contributed by atoms with E-state index < -0.39 is 11.7 Å². The van der Waals surface area contributed by atoms with E-state index in [0.717, 1.165) is 11.0 Å². The highest BCUT2D eigenvalue weighted by Crippen LogP contribution is 2.06. The molecule has 0 aromatic heterocycles. The summed E-state index contributed by atoms with van der Waals surface area (Å²) in [4.78, 5) is 11.4. The maximum absolute atomic E-state index is 11.4. The molecule has 35 heavy (non-hydrogen) atoms. The van der Waals surface area contributed by atoms with Crippen molar-refractivity contribution >= 4 is 28.7 Å². The predicted molar refractivity (Wildman–Crippen MR) is 140 cm³/mol. The van der Waals surface area contributed by atoms with Gasteiger partial charge in [-0.3, -0.25) is 0 Å². The molecule has 0 aliphatic heterocycles. The van der Waals surface area contributed by atoms with Crippen LogP contribution in [0.25, 0.3) is 0 Å². The summed E-state index contributed by atoms with van der Waals surface area (Å²) in [5.74, 6) is 0. The van der Waals surface area contributed by atoms with E-state index in [-0.39, 0.29) is 0 Å². The molecule has 0 rings (SSSR count). The Bertz CT molecular complexity index is 455. The van der Waals surface area contributed by atoms with E-state index in [1.54, 1.807) is 0 Å². The fourth-order valence-corrected chi connectivity index (χ4v) is 2.55. The SMILES string of the molecule is CC(C)(C)OC(=O)NCCOCCOCCOCCOCCOCCOCCOCCOCCI. The minimum Gasteiger partial charge on any atom is -0.444 e. The molecule has 0 radical (unpaired) electrons. The Morgan fingerprint density at radius 3 is 1.11 bits per heavy atom. The van der Waals surface area contributed by atoms with E-state index in [9.17, 15) is 4.79 Å². The summed E-state index contributed by atoms with van der Waals surface area (Å²) in [7, 11) is 0. The van der Waals surface area contributed by atoms with E-state index in [1.165, 1.54) is 0 Å². The van der Waals surface area contributed by atoms with Crippen LogP contribution in [-0.2, 0) is 42.6 Å². The number of hydrogen-bond acceptors (Lipinski definition) is 10. The molecule has 0 bridgehead atoms. The molecular weight excluding hydrogens is 577 g/mol. The lowest BCUT2D eigenvalue weighted by molar-refractivity contribution is -0.0227. The summed E-state index contributed by atoms with van der Waals surface area (Å²) < 4.78 is 49.3. The van der Waals surface area contributed by atoms with E-state index in [0.29, 0.717) is 106 Å². The van der Waals surface area contributed by atoms with Gasteiger partial charge in [-0.05, 0) is 20.8 Å². The summed E-state index contributed by atoms with van der Waals surface area (Å²) in [6.07, 6.45) is -0.447. The molecule has 0 aromatic rings. The lowest BCUT2D eigenvalue weighted by Crippen LogP contribution is -2.34. The lowest BCUT2D eigenvalue weighted by Gasteiger charge is -2.19. The number of alkyl carbamates (subject to hydrolysis) is 1.